The zero-order chi connectivity index (χ0) is 17.7. The predicted octanol–water partition coefficient (Wildman–Crippen LogP) is 5.09. The molecule has 25 heavy (non-hydrogen) atoms. The third kappa shape index (κ3) is 7.81. The normalized spacial score (nSPS) is 11.0. The highest BCUT2D eigenvalue weighted by Crippen LogP contribution is 2.10. The van der Waals surface area contributed by atoms with Crippen LogP contribution in [0.4, 0.5) is 0 Å². The van der Waals surface area contributed by atoms with Crippen LogP contribution in [0.1, 0.15) is 69.2 Å². The van der Waals surface area contributed by atoms with E-state index in [1.54, 1.807) is 0 Å². The standard InChI is InChI=1S/C23H36N2/c1-22-16-10-14-20-24(22)18-12-8-6-4-3-5-7-9-13-19-25-21-15-11-17-23(25)2/h10-11,14-17,20-21H,3-9,12-13,18-19H2,1-2H3/q+2. The van der Waals surface area contributed by atoms with E-state index in [9.17, 15) is 0 Å². The molecule has 0 aliphatic heterocycles. The van der Waals surface area contributed by atoms with Gasteiger partial charge in [-0.15, -0.1) is 0 Å². The molecule has 0 saturated carbocycles. The molecule has 2 heteroatoms. The molecule has 0 N–H and O–H groups in total. The average molecular weight is 341 g/mol. The lowest BCUT2D eigenvalue weighted by Crippen LogP contribution is -2.36. The summed E-state index contributed by atoms with van der Waals surface area (Å²) in [5, 5.41) is 0. The lowest BCUT2D eigenvalue weighted by Gasteiger charge is -2.03. The number of unbranched alkanes of at least 4 members (excludes halogenated alkanes) is 8. The Hall–Kier alpha value is -1.70. The molecule has 2 heterocycles. The highest BCUT2D eigenvalue weighted by Gasteiger charge is 2.04. The first-order valence-corrected chi connectivity index (χ1v) is 10.2. The van der Waals surface area contributed by atoms with Crippen LogP contribution >= 0.6 is 0 Å². The second-order valence-electron chi connectivity index (χ2n) is 7.25. The molecule has 136 valence electrons. The lowest BCUT2D eigenvalue weighted by atomic mass is 10.1. The quantitative estimate of drug-likeness (QED) is 0.375. The van der Waals surface area contributed by atoms with Crippen molar-refractivity contribution in [1.29, 1.82) is 0 Å². The summed E-state index contributed by atoms with van der Waals surface area (Å²) in [5.74, 6) is 0. The van der Waals surface area contributed by atoms with E-state index in [2.05, 4.69) is 71.8 Å². The fourth-order valence-corrected chi connectivity index (χ4v) is 3.43. The van der Waals surface area contributed by atoms with Gasteiger partial charge in [0.15, 0.2) is 23.8 Å². The average Bonchev–Trinajstić information content (AvgIpc) is 2.62. The van der Waals surface area contributed by atoms with E-state index in [1.165, 1.54) is 82.3 Å². The number of pyridine rings is 2. The molecule has 0 aliphatic carbocycles. The van der Waals surface area contributed by atoms with Crippen molar-refractivity contribution in [3.8, 4) is 0 Å². The molecule has 0 radical (unpaired) electrons. The van der Waals surface area contributed by atoms with Gasteiger partial charge >= 0.3 is 0 Å². The molecule has 0 spiro atoms. The summed E-state index contributed by atoms with van der Waals surface area (Å²) < 4.78 is 4.74. The summed E-state index contributed by atoms with van der Waals surface area (Å²) in [5.41, 5.74) is 2.73. The third-order valence-electron chi connectivity index (χ3n) is 5.13. The van der Waals surface area contributed by atoms with Crippen molar-refractivity contribution in [1.82, 2.24) is 0 Å². The molecule has 2 rings (SSSR count). The third-order valence-corrected chi connectivity index (χ3v) is 5.13. The molecule has 2 aromatic heterocycles. The minimum atomic E-state index is 1.17. The van der Waals surface area contributed by atoms with Crippen molar-refractivity contribution in [2.75, 3.05) is 0 Å². The molecule has 2 aromatic rings. The summed E-state index contributed by atoms with van der Waals surface area (Å²) >= 11 is 0. The summed E-state index contributed by atoms with van der Waals surface area (Å²) in [7, 11) is 0. The second-order valence-corrected chi connectivity index (χ2v) is 7.25. The Kier molecular flexibility index (Phi) is 9.25. The van der Waals surface area contributed by atoms with Gasteiger partial charge in [0, 0.05) is 51.0 Å². The number of nitrogens with zero attached hydrogens (tertiary/aromatic N) is 2. The zero-order valence-electron chi connectivity index (χ0n) is 16.3. The van der Waals surface area contributed by atoms with Crippen molar-refractivity contribution in [3.63, 3.8) is 0 Å². The van der Waals surface area contributed by atoms with Crippen molar-refractivity contribution < 1.29 is 9.13 Å². The van der Waals surface area contributed by atoms with Crippen LogP contribution in [0.5, 0.6) is 0 Å². The smallest absolute Gasteiger partial charge is 0.178 e. The number of hydrogen-bond acceptors (Lipinski definition) is 0. The Balaban J connectivity index is 1.40. The first-order valence-electron chi connectivity index (χ1n) is 10.2. The van der Waals surface area contributed by atoms with Crippen LogP contribution in [0.2, 0.25) is 0 Å². The van der Waals surface area contributed by atoms with Gasteiger partial charge < -0.3 is 0 Å². The fraction of sp³-hybridized carbons (Fsp3) is 0.565. The van der Waals surface area contributed by atoms with Crippen molar-refractivity contribution >= 4 is 0 Å². The molecule has 0 saturated heterocycles. The van der Waals surface area contributed by atoms with Gasteiger partial charge in [-0.05, 0) is 12.8 Å². The van der Waals surface area contributed by atoms with E-state index in [1.807, 2.05) is 0 Å². The minimum Gasteiger partial charge on any atom is -0.203 e. The van der Waals surface area contributed by atoms with Crippen LogP contribution in [0.15, 0.2) is 48.8 Å². The molecule has 0 aromatic carbocycles. The SMILES string of the molecule is Cc1cccc[n+]1CCCCCCCCCCC[n+]1ccccc1C. The predicted molar refractivity (Wildman–Crippen MR) is 104 cm³/mol. The molecule has 0 amide bonds. The van der Waals surface area contributed by atoms with E-state index < -0.39 is 0 Å². The Labute approximate surface area is 154 Å². The molecule has 0 unspecified atom stereocenters. The van der Waals surface area contributed by atoms with E-state index in [0.717, 1.165) is 0 Å². The first kappa shape index (κ1) is 19.6. The van der Waals surface area contributed by atoms with Crippen molar-refractivity contribution in [2.45, 2.75) is 84.7 Å². The molecule has 0 bridgehead atoms. The van der Waals surface area contributed by atoms with Crippen LogP contribution in [0, 0.1) is 13.8 Å². The molecular weight excluding hydrogens is 304 g/mol. The number of aryl methyl sites for hydroxylation is 4. The fourth-order valence-electron chi connectivity index (χ4n) is 3.43. The van der Waals surface area contributed by atoms with E-state index in [-0.39, 0.29) is 0 Å². The Morgan fingerprint density at radius 1 is 0.520 bits per heavy atom. The van der Waals surface area contributed by atoms with Gasteiger partial charge in [-0.25, -0.2) is 9.13 Å². The topological polar surface area (TPSA) is 7.76 Å². The van der Waals surface area contributed by atoms with Gasteiger partial charge in [-0.1, -0.05) is 44.2 Å². The summed E-state index contributed by atoms with van der Waals surface area (Å²) in [4.78, 5) is 0. The molecule has 0 atom stereocenters. The largest absolute Gasteiger partial charge is 0.203 e. The van der Waals surface area contributed by atoms with Crippen LogP contribution in [0.3, 0.4) is 0 Å². The number of rotatable bonds is 12. The van der Waals surface area contributed by atoms with Gasteiger partial charge in [0.2, 0.25) is 0 Å². The summed E-state index contributed by atoms with van der Waals surface area (Å²) in [6.45, 7) is 6.72. The Bertz CT molecular complexity index is 553. The van der Waals surface area contributed by atoms with Crippen LogP contribution in [0.25, 0.3) is 0 Å². The lowest BCUT2D eigenvalue weighted by molar-refractivity contribution is -0.703. The number of hydrogen-bond donors (Lipinski definition) is 0. The molecular formula is C23H36N2+2. The highest BCUT2D eigenvalue weighted by atomic mass is 14.9. The Morgan fingerprint density at radius 2 is 0.880 bits per heavy atom. The minimum absolute atomic E-state index is 1.17. The van der Waals surface area contributed by atoms with Gasteiger partial charge in [0.05, 0.1) is 0 Å². The first-order chi connectivity index (χ1) is 12.3. The van der Waals surface area contributed by atoms with Crippen LogP contribution in [-0.2, 0) is 13.1 Å². The van der Waals surface area contributed by atoms with Crippen LogP contribution < -0.4 is 9.13 Å². The van der Waals surface area contributed by atoms with Crippen molar-refractivity contribution in [2.24, 2.45) is 0 Å². The maximum atomic E-state index is 2.37. The molecule has 0 fully saturated rings. The maximum Gasteiger partial charge on any atom is 0.178 e. The second kappa shape index (κ2) is 11.8. The highest BCUT2D eigenvalue weighted by molar-refractivity contribution is 4.94. The Morgan fingerprint density at radius 3 is 1.24 bits per heavy atom. The number of aromatic nitrogens is 2. The molecule has 0 aliphatic rings. The van der Waals surface area contributed by atoms with E-state index in [4.69, 9.17) is 0 Å². The van der Waals surface area contributed by atoms with Gasteiger partial charge in [0.1, 0.15) is 13.1 Å². The van der Waals surface area contributed by atoms with Gasteiger partial charge in [0.25, 0.3) is 0 Å². The monoisotopic (exact) mass is 340 g/mol. The van der Waals surface area contributed by atoms with Crippen LogP contribution in [-0.4, -0.2) is 0 Å². The molecule has 2 nitrogen and oxygen atoms in total. The summed E-state index contributed by atoms with van der Waals surface area (Å²) in [6, 6.07) is 12.9. The van der Waals surface area contributed by atoms with Crippen molar-refractivity contribution in [3.05, 3.63) is 60.2 Å². The maximum absolute atomic E-state index is 2.37. The zero-order valence-corrected chi connectivity index (χ0v) is 16.3. The summed E-state index contributed by atoms with van der Waals surface area (Å²) in [6.07, 6.45) is 16.8. The van der Waals surface area contributed by atoms with Gasteiger partial charge in [-0.2, -0.15) is 0 Å². The van der Waals surface area contributed by atoms with Gasteiger partial charge in [-0.3, -0.25) is 0 Å². The van der Waals surface area contributed by atoms with E-state index >= 15 is 0 Å². The van der Waals surface area contributed by atoms with E-state index in [0.29, 0.717) is 0 Å².